The second kappa shape index (κ2) is 6.22. The number of rotatable bonds is 5. The van der Waals surface area contributed by atoms with Crippen molar-refractivity contribution in [2.75, 3.05) is 6.26 Å². The Morgan fingerprint density at radius 1 is 1.45 bits per heavy atom. The lowest BCUT2D eigenvalue weighted by Gasteiger charge is -2.13. The molecule has 0 aliphatic rings. The van der Waals surface area contributed by atoms with E-state index in [2.05, 4.69) is 4.98 Å². The fourth-order valence-electron chi connectivity index (χ4n) is 2.14. The first-order chi connectivity index (χ1) is 9.40. The first-order valence-corrected chi connectivity index (χ1v) is 8.58. The lowest BCUT2D eigenvalue weighted by Crippen LogP contribution is -2.14. The van der Waals surface area contributed by atoms with E-state index in [0.717, 1.165) is 17.8 Å². The average molecular weight is 317 g/mol. The molecule has 0 fully saturated rings. The lowest BCUT2D eigenvalue weighted by atomic mass is 10.3. The van der Waals surface area contributed by atoms with Gasteiger partial charge in [0, 0.05) is 34.9 Å². The molecule has 0 radical (unpaired) electrons. The van der Waals surface area contributed by atoms with Gasteiger partial charge in [-0.2, -0.15) is 0 Å². The Hall–Kier alpha value is -0.940. The predicted molar refractivity (Wildman–Crippen MR) is 82.1 cm³/mol. The molecule has 0 aliphatic carbocycles. The largest absolute Gasteiger partial charge is 0.327 e. The Kier molecular flexibility index (Phi) is 4.81. The van der Waals surface area contributed by atoms with Crippen molar-refractivity contribution < 1.29 is 8.60 Å². The molecule has 1 aromatic heterocycles. The molecule has 0 saturated heterocycles. The molecule has 1 aromatic carbocycles. The molecule has 3 unspecified atom stereocenters. The third kappa shape index (κ3) is 3.20. The van der Waals surface area contributed by atoms with Gasteiger partial charge in [0.25, 0.3) is 0 Å². The van der Waals surface area contributed by atoms with Crippen molar-refractivity contribution in [3.63, 3.8) is 0 Å². The van der Waals surface area contributed by atoms with Gasteiger partial charge in [-0.1, -0.05) is 6.92 Å². The molecule has 0 saturated carbocycles. The summed E-state index contributed by atoms with van der Waals surface area (Å²) >= 11 is 6.16. The van der Waals surface area contributed by atoms with Crippen molar-refractivity contribution in [2.24, 2.45) is 0 Å². The first kappa shape index (κ1) is 15.4. The van der Waals surface area contributed by atoms with Crippen LogP contribution in [0, 0.1) is 5.82 Å². The van der Waals surface area contributed by atoms with E-state index in [4.69, 9.17) is 11.6 Å². The summed E-state index contributed by atoms with van der Waals surface area (Å²) < 4.78 is 26.7. The van der Waals surface area contributed by atoms with E-state index >= 15 is 0 Å². The topological polar surface area (TPSA) is 34.9 Å². The highest BCUT2D eigenvalue weighted by Gasteiger charge is 2.16. The highest BCUT2D eigenvalue weighted by atomic mass is 35.5. The summed E-state index contributed by atoms with van der Waals surface area (Å²) in [5.74, 6) is 0.417. The third-order valence-electron chi connectivity index (χ3n) is 3.42. The van der Waals surface area contributed by atoms with Crippen LogP contribution in [0.3, 0.4) is 0 Å². The summed E-state index contributed by atoms with van der Waals surface area (Å²) in [6.45, 7) is 4.48. The van der Waals surface area contributed by atoms with Gasteiger partial charge < -0.3 is 4.57 Å². The summed E-state index contributed by atoms with van der Waals surface area (Å²) in [7, 11) is -0.853. The minimum atomic E-state index is -0.853. The molecule has 0 amide bonds. The fourth-order valence-corrected chi connectivity index (χ4v) is 2.74. The van der Waals surface area contributed by atoms with Gasteiger partial charge in [0.2, 0.25) is 0 Å². The number of benzene rings is 1. The number of nitrogens with zero attached hydrogens (tertiary/aromatic N) is 2. The molecule has 1 heterocycles. The standard InChI is InChI=1S/C14H18ClFN2OS/c1-9(20(3)19)6-7-18-13-5-4-11(16)8-12(13)17-14(18)10(2)15/h4-5,8-10H,6-7H2,1-3H3. The van der Waals surface area contributed by atoms with E-state index in [0.29, 0.717) is 12.1 Å². The molecule has 20 heavy (non-hydrogen) atoms. The van der Waals surface area contributed by atoms with Gasteiger partial charge in [-0.3, -0.25) is 4.21 Å². The molecule has 0 N–H and O–H groups in total. The minimum Gasteiger partial charge on any atom is -0.327 e. The van der Waals surface area contributed by atoms with Gasteiger partial charge in [0.15, 0.2) is 0 Å². The van der Waals surface area contributed by atoms with Crippen LogP contribution in [0.5, 0.6) is 0 Å². The maximum absolute atomic E-state index is 13.3. The smallest absolute Gasteiger partial charge is 0.127 e. The van der Waals surface area contributed by atoms with Crippen molar-refractivity contribution >= 4 is 33.4 Å². The van der Waals surface area contributed by atoms with Gasteiger partial charge >= 0.3 is 0 Å². The molecule has 6 heteroatoms. The van der Waals surface area contributed by atoms with Gasteiger partial charge in [0.1, 0.15) is 11.6 Å². The maximum atomic E-state index is 13.3. The number of aromatic nitrogens is 2. The predicted octanol–water partition coefficient (Wildman–Crippen LogP) is 3.63. The third-order valence-corrected chi connectivity index (χ3v) is 4.99. The van der Waals surface area contributed by atoms with Crippen molar-refractivity contribution in [3.8, 4) is 0 Å². The fraction of sp³-hybridized carbons (Fsp3) is 0.500. The average Bonchev–Trinajstić information content (AvgIpc) is 2.73. The van der Waals surface area contributed by atoms with Crippen LogP contribution in [-0.4, -0.2) is 25.3 Å². The maximum Gasteiger partial charge on any atom is 0.127 e. The molecule has 0 aliphatic heterocycles. The van der Waals surface area contributed by atoms with Gasteiger partial charge in [-0.05, 0) is 25.5 Å². The molecule has 0 spiro atoms. The summed E-state index contributed by atoms with van der Waals surface area (Å²) in [6.07, 6.45) is 2.47. The van der Waals surface area contributed by atoms with Gasteiger partial charge in [0.05, 0.1) is 16.4 Å². The number of halogens is 2. The van der Waals surface area contributed by atoms with Crippen molar-refractivity contribution in [3.05, 3.63) is 29.8 Å². The Labute approximate surface area is 125 Å². The van der Waals surface area contributed by atoms with Crippen LogP contribution < -0.4 is 0 Å². The van der Waals surface area contributed by atoms with Crippen LogP contribution in [0.25, 0.3) is 11.0 Å². The van der Waals surface area contributed by atoms with E-state index in [1.54, 1.807) is 12.3 Å². The molecular formula is C14H18ClFN2OS. The summed E-state index contributed by atoms with van der Waals surface area (Å²) in [6, 6.07) is 4.55. The van der Waals surface area contributed by atoms with E-state index in [1.807, 2.05) is 18.4 Å². The summed E-state index contributed by atoms with van der Waals surface area (Å²) in [5, 5.41) is -0.153. The van der Waals surface area contributed by atoms with Crippen molar-refractivity contribution in [1.82, 2.24) is 9.55 Å². The van der Waals surface area contributed by atoms with Crippen molar-refractivity contribution in [2.45, 2.75) is 37.4 Å². The zero-order valence-electron chi connectivity index (χ0n) is 11.8. The SMILES string of the molecule is CC(Cl)c1nc2cc(F)ccc2n1CCC(C)S(C)=O. The number of hydrogen-bond acceptors (Lipinski definition) is 2. The van der Waals surface area contributed by atoms with Crippen molar-refractivity contribution in [1.29, 1.82) is 0 Å². The Morgan fingerprint density at radius 3 is 2.75 bits per heavy atom. The van der Waals surface area contributed by atoms with E-state index < -0.39 is 10.8 Å². The van der Waals surface area contributed by atoms with Gasteiger partial charge in [-0.25, -0.2) is 9.37 Å². The number of imidazole rings is 1. The summed E-state index contributed by atoms with van der Waals surface area (Å²) in [4.78, 5) is 4.41. The number of hydrogen-bond donors (Lipinski definition) is 0. The first-order valence-electron chi connectivity index (χ1n) is 6.52. The second-order valence-electron chi connectivity index (χ2n) is 4.97. The van der Waals surface area contributed by atoms with Crippen LogP contribution in [0.2, 0.25) is 0 Å². The Morgan fingerprint density at radius 2 is 2.15 bits per heavy atom. The molecule has 3 nitrogen and oxygen atoms in total. The molecule has 2 aromatic rings. The van der Waals surface area contributed by atoms with E-state index in [-0.39, 0.29) is 16.4 Å². The van der Waals surface area contributed by atoms with Crippen LogP contribution in [0.15, 0.2) is 18.2 Å². The van der Waals surface area contributed by atoms with E-state index in [1.165, 1.54) is 12.1 Å². The van der Waals surface area contributed by atoms with Crippen LogP contribution in [-0.2, 0) is 17.3 Å². The second-order valence-corrected chi connectivity index (χ2v) is 7.43. The normalized spacial score (nSPS) is 16.2. The highest BCUT2D eigenvalue weighted by Crippen LogP contribution is 2.25. The molecule has 0 bridgehead atoms. The lowest BCUT2D eigenvalue weighted by molar-refractivity contribution is 0.608. The molecular weight excluding hydrogens is 299 g/mol. The number of aryl methyl sites for hydroxylation is 1. The summed E-state index contributed by atoms with van der Waals surface area (Å²) in [5.41, 5.74) is 1.47. The van der Waals surface area contributed by atoms with Crippen LogP contribution in [0.1, 0.15) is 31.5 Å². The van der Waals surface area contributed by atoms with Gasteiger partial charge in [-0.15, -0.1) is 11.6 Å². The molecule has 110 valence electrons. The minimum absolute atomic E-state index is 0.103. The highest BCUT2D eigenvalue weighted by molar-refractivity contribution is 7.84. The zero-order valence-corrected chi connectivity index (χ0v) is 13.3. The molecule has 3 atom stereocenters. The van der Waals surface area contributed by atoms with E-state index in [9.17, 15) is 8.60 Å². The Bertz CT molecular complexity index is 641. The molecule has 2 rings (SSSR count). The van der Waals surface area contributed by atoms with Crippen LogP contribution in [0.4, 0.5) is 4.39 Å². The Balaban J connectivity index is 2.38. The zero-order chi connectivity index (χ0) is 14.9. The quantitative estimate of drug-likeness (QED) is 0.789. The van der Waals surface area contributed by atoms with Crippen LogP contribution >= 0.6 is 11.6 Å². The monoisotopic (exact) mass is 316 g/mol. The number of alkyl halides is 1. The number of fused-ring (bicyclic) bond motifs is 1.